The van der Waals surface area contributed by atoms with Gasteiger partial charge in [0.25, 0.3) is 0 Å². The average molecular weight is 327 g/mol. The topological polar surface area (TPSA) is 86.7 Å². The minimum atomic E-state index is 0.00997. The summed E-state index contributed by atoms with van der Waals surface area (Å²) in [7, 11) is 0. The van der Waals surface area contributed by atoms with E-state index in [0.29, 0.717) is 16.3 Å². The number of nitrogen functional groups attached to an aromatic ring is 1. The largest absolute Gasteiger partial charge is 0.397 e. The Morgan fingerprint density at radius 2 is 2.04 bits per heavy atom. The van der Waals surface area contributed by atoms with Crippen LogP contribution in [0.25, 0.3) is 5.69 Å². The van der Waals surface area contributed by atoms with E-state index >= 15 is 0 Å². The van der Waals surface area contributed by atoms with E-state index in [-0.39, 0.29) is 12.2 Å². The van der Waals surface area contributed by atoms with Crippen molar-refractivity contribution in [3.05, 3.63) is 51.8 Å². The van der Waals surface area contributed by atoms with E-state index < -0.39 is 0 Å². The van der Waals surface area contributed by atoms with Gasteiger partial charge in [-0.25, -0.2) is 4.68 Å². The van der Waals surface area contributed by atoms with E-state index in [2.05, 4.69) is 14.7 Å². The SMILES string of the molecule is Cc1cc(C)n(-c2ccc(CC(=O)c3snnc3C)cc2N)n1. The molecule has 2 aromatic heterocycles. The van der Waals surface area contributed by atoms with Crippen LogP contribution in [-0.2, 0) is 6.42 Å². The Bertz CT molecular complexity index is 880. The van der Waals surface area contributed by atoms with Gasteiger partial charge >= 0.3 is 0 Å². The summed E-state index contributed by atoms with van der Waals surface area (Å²) in [5.41, 5.74) is 11.1. The molecule has 1 aromatic carbocycles. The van der Waals surface area contributed by atoms with Crippen molar-refractivity contribution in [2.45, 2.75) is 27.2 Å². The zero-order chi connectivity index (χ0) is 16.6. The minimum absolute atomic E-state index is 0.00997. The van der Waals surface area contributed by atoms with Gasteiger partial charge in [0.05, 0.1) is 22.8 Å². The summed E-state index contributed by atoms with van der Waals surface area (Å²) in [5, 5.41) is 8.31. The van der Waals surface area contributed by atoms with Gasteiger partial charge in [0, 0.05) is 12.1 Å². The molecular weight excluding hydrogens is 310 g/mol. The lowest BCUT2D eigenvalue weighted by molar-refractivity contribution is 0.0996. The highest BCUT2D eigenvalue weighted by molar-refractivity contribution is 7.08. The first-order chi connectivity index (χ1) is 11.0. The van der Waals surface area contributed by atoms with Crippen LogP contribution in [0.15, 0.2) is 24.3 Å². The highest BCUT2D eigenvalue weighted by Gasteiger charge is 2.15. The number of Topliss-reactive ketones (excluding diaryl/α,β-unsaturated/α-hetero) is 1. The molecule has 0 unspecified atom stereocenters. The normalized spacial score (nSPS) is 10.9. The molecule has 0 aliphatic heterocycles. The number of aromatic nitrogens is 4. The van der Waals surface area contributed by atoms with Gasteiger partial charge in [-0.3, -0.25) is 4.79 Å². The smallest absolute Gasteiger partial charge is 0.180 e. The van der Waals surface area contributed by atoms with E-state index in [1.807, 2.05) is 42.8 Å². The van der Waals surface area contributed by atoms with Gasteiger partial charge in [-0.1, -0.05) is 10.6 Å². The molecule has 3 aromatic rings. The Kier molecular flexibility index (Phi) is 3.96. The van der Waals surface area contributed by atoms with Gasteiger partial charge in [0.15, 0.2) is 5.78 Å². The molecule has 0 aliphatic carbocycles. The maximum atomic E-state index is 12.3. The molecule has 0 saturated carbocycles. The molecule has 0 atom stereocenters. The zero-order valence-corrected chi connectivity index (χ0v) is 14.0. The van der Waals surface area contributed by atoms with Crippen molar-refractivity contribution in [3.63, 3.8) is 0 Å². The van der Waals surface area contributed by atoms with E-state index in [9.17, 15) is 4.79 Å². The third-order valence-electron chi connectivity index (χ3n) is 3.60. The fourth-order valence-corrected chi connectivity index (χ4v) is 3.12. The third kappa shape index (κ3) is 3.00. The fraction of sp³-hybridized carbons (Fsp3) is 0.250. The molecule has 0 bridgehead atoms. The number of aryl methyl sites for hydroxylation is 3. The van der Waals surface area contributed by atoms with Crippen molar-refractivity contribution >= 4 is 23.0 Å². The first-order valence-electron chi connectivity index (χ1n) is 7.20. The number of hydrogen-bond acceptors (Lipinski definition) is 6. The lowest BCUT2D eigenvalue weighted by atomic mass is 10.1. The molecule has 2 N–H and O–H groups in total. The number of nitrogens with zero attached hydrogens (tertiary/aromatic N) is 4. The number of carbonyl (C=O) groups is 1. The van der Waals surface area contributed by atoms with E-state index in [1.54, 1.807) is 6.92 Å². The second-order valence-electron chi connectivity index (χ2n) is 5.52. The van der Waals surface area contributed by atoms with Crippen LogP contribution >= 0.6 is 11.5 Å². The summed E-state index contributed by atoms with van der Waals surface area (Å²) in [5.74, 6) is 0.00997. The summed E-state index contributed by atoms with van der Waals surface area (Å²) in [4.78, 5) is 12.9. The number of benzene rings is 1. The standard InChI is InChI=1S/C16H17N5OS/c1-9-6-10(2)21(19-9)14-5-4-12(7-13(14)17)8-15(22)16-11(3)18-20-23-16/h4-7H,8,17H2,1-3H3. The predicted octanol–water partition coefficient (Wildman–Crippen LogP) is 2.66. The minimum Gasteiger partial charge on any atom is -0.397 e. The van der Waals surface area contributed by atoms with Gasteiger partial charge in [-0.2, -0.15) is 5.10 Å². The van der Waals surface area contributed by atoms with Crippen LogP contribution in [0.5, 0.6) is 0 Å². The van der Waals surface area contributed by atoms with Crippen LogP contribution in [0.2, 0.25) is 0 Å². The Balaban J connectivity index is 1.86. The molecule has 6 nitrogen and oxygen atoms in total. The molecule has 0 saturated heterocycles. The molecule has 0 spiro atoms. The van der Waals surface area contributed by atoms with Gasteiger partial charge < -0.3 is 5.73 Å². The van der Waals surface area contributed by atoms with Crippen LogP contribution in [0.3, 0.4) is 0 Å². The monoisotopic (exact) mass is 327 g/mol. The lowest BCUT2D eigenvalue weighted by Gasteiger charge is -2.10. The summed E-state index contributed by atoms with van der Waals surface area (Å²) in [6, 6.07) is 7.63. The molecule has 0 aliphatic rings. The van der Waals surface area contributed by atoms with Crippen molar-refractivity contribution in [2.24, 2.45) is 0 Å². The molecule has 3 rings (SSSR count). The molecule has 7 heteroatoms. The Hall–Kier alpha value is -2.54. The van der Waals surface area contributed by atoms with Crippen LogP contribution < -0.4 is 5.73 Å². The number of nitrogens with two attached hydrogens (primary N) is 1. The van der Waals surface area contributed by atoms with E-state index in [4.69, 9.17) is 5.73 Å². The van der Waals surface area contributed by atoms with Crippen molar-refractivity contribution in [1.82, 2.24) is 19.4 Å². The third-order valence-corrected chi connectivity index (χ3v) is 4.47. The number of ketones is 1. The summed E-state index contributed by atoms with van der Waals surface area (Å²) < 4.78 is 5.62. The summed E-state index contributed by atoms with van der Waals surface area (Å²) in [6.45, 7) is 5.71. The maximum Gasteiger partial charge on any atom is 0.180 e. The van der Waals surface area contributed by atoms with Crippen LogP contribution in [-0.4, -0.2) is 25.2 Å². The second kappa shape index (κ2) is 5.92. The highest BCUT2D eigenvalue weighted by atomic mass is 32.1. The quantitative estimate of drug-likeness (QED) is 0.588. The van der Waals surface area contributed by atoms with Crippen LogP contribution in [0.4, 0.5) is 5.69 Å². The lowest BCUT2D eigenvalue weighted by Crippen LogP contribution is -2.07. The van der Waals surface area contributed by atoms with Crippen LogP contribution in [0.1, 0.15) is 32.3 Å². The molecule has 23 heavy (non-hydrogen) atoms. The van der Waals surface area contributed by atoms with Crippen molar-refractivity contribution in [1.29, 1.82) is 0 Å². The van der Waals surface area contributed by atoms with Crippen molar-refractivity contribution < 1.29 is 4.79 Å². The number of rotatable bonds is 4. The van der Waals surface area contributed by atoms with Gasteiger partial charge in [-0.05, 0) is 56.1 Å². The fourth-order valence-electron chi connectivity index (χ4n) is 2.53. The molecular formula is C16H17N5OS. The van der Waals surface area contributed by atoms with Crippen molar-refractivity contribution in [2.75, 3.05) is 5.73 Å². The van der Waals surface area contributed by atoms with Gasteiger partial charge in [0.1, 0.15) is 4.88 Å². The summed E-state index contributed by atoms with van der Waals surface area (Å²) >= 11 is 1.13. The van der Waals surface area contributed by atoms with E-state index in [0.717, 1.165) is 34.2 Å². The first kappa shape index (κ1) is 15.4. The maximum absolute atomic E-state index is 12.3. The Labute approximate surface area is 138 Å². The average Bonchev–Trinajstić information content (AvgIpc) is 3.05. The Morgan fingerprint density at radius 1 is 1.26 bits per heavy atom. The molecule has 0 fully saturated rings. The van der Waals surface area contributed by atoms with E-state index in [1.165, 1.54) is 0 Å². The Morgan fingerprint density at radius 3 is 2.61 bits per heavy atom. The predicted molar refractivity (Wildman–Crippen MR) is 90.1 cm³/mol. The van der Waals surface area contributed by atoms with Gasteiger partial charge in [0.2, 0.25) is 0 Å². The second-order valence-corrected chi connectivity index (χ2v) is 6.27. The molecule has 0 amide bonds. The summed E-state index contributed by atoms with van der Waals surface area (Å²) in [6.07, 6.45) is 0.284. The van der Waals surface area contributed by atoms with Gasteiger partial charge in [-0.15, -0.1) is 5.10 Å². The first-order valence-corrected chi connectivity index (χ1v) is 7.97. The molecule has 0 radical (unpaired) electrons. The number of anilines is 1. The molecule has 118 valence electrons. The van der Waals surface area contributed by atoms with Crippen LogP contribution in [0, 0.1) is 20.8 Å². The zero-order valence-electron chi connectivity index (χ0n) is 13.2. The number of hydrogen-bond donors (Lipinski definition) is 1. The highest BCUT2D eigenvalue weighted by Crippen LogP contribution is 2.22. The number of carbonyl (C=O) groups excluding carboxylic acids is 1. The van der Waals surface area contributed by atoms with Crippen molar-refractivity contribution in [3.8, 4) is 5.69 Å². The molecule has 2 heterocycles.